The van der Waals surface area contributed by atoms with E-state index in [0.717, 1.165) is 12.1 Å². The molecule has 0 aliphatic carbocycles. The van der Waals surface area contributed by atoms with Gasteiger partial charge < -0.3 is 20.9 Å². The lowest BCUT2D eigenvalue weighted by Gasteiger charge is -2.10. The number of nitrogens with two attached hydrogens (primary N) is 1. The van der Waals surface area contributed by atoms with Gasteiger partial charge in [-0.1, -0.05) is 0 Å². The Kier molecular flexibility index (Phi) is 3.93. The van der Waals surface area contributed by atoms with E-state index in [9.17, 15) is 18.7 Å². The molecular formula is C14H12F2N2O3. The second-order valence-corrected chi connectivity index (χ2v) is 4.19. The molecule has 0 fully saturated rings. The van der Waals surface area contributed by atoms with E-state index in [1.807, 2.05) is 0 Å². The van der Waals surface area contributed by atoms with Crippen LogP contribution in [0.3, 0.4) is 0 Å². The largest absolute Gasteiger partial charge is 0.504 e. The lowest BCUT2D eigenvalue weighted by atomic mass is 10.1. The highest BCUT2D eigenvalue weighted by Crippen LogP contribution is 2.28. The number of rotatable bonds is 3. The molecule has 0 bridgehead atoms. The van der Waals surface area contributed by atoms with Gasteiger partial charge in [-0.25, -0.2) is 8.78 Å². The van der Waals surface area contributed by atoms with E-state index in [-0.39, 0.29) is 28.4 Å². The first-order valence-corrected chi connectivity index (χ1v) is 5.85. The Morgan fingerprint density at radius 2 is 2.00 bits per heavy atom. The molecule has 0 heterocycles. The molecule has 7 heteroatoms. The fraction of sp³-hybridized carbons (Fsp3) is 0.0714. The van der Waals surface area contributed by atoms with Gasteiger partial charge in [0.15, 0.2) is 17.3 Å². The van der Waals surface area contributed by atoms with Crippen LogP contribution in [0.4, 0.5) is 20.2 Å². The molecule has 0 spiro atoms. The van der Waals surface area contributed by atoms with E-state index < -0.39 is 17.5 Å². The molecule has 1 amide bonds. The van der Waals surface area contributed by atoms with Gasteiger partial charge in [-0.05, 0) is 24.3 Å². The highest BCUT2D eigenvalue weighted by Gasteiger charge is 2.15. The van der Waals surface area contributed by atoms with Crippen LogP contribution in [0.15, 0.2) is 30.3 Å². The van der Waals surface area contributed by atoms with Crippen LogP contribution in [-0.4, -0.2) is 18.1 Å². The summed E-state index contributed by atoms with van der Waals surface area (Å²) in [4.78, 5) is 12.0. The SMILES string of the molecule is COc1ccc(C(=O)Nc2c(N)cc(F)cc2F)cc1O. The van der Waals surface area contributed by atoms with E-state index in [1.165, 1.54) is 19.2 Å². The van der Waals surface area contributed by atoms with Crippen molar-refractivity contribution in [2.45, 2.75) is 0 Å². The summed E-state index contributed by atoms with van der Waals surface area (Å²) in [6.07, 6.45) is 0. The van der Waals surface area contributed by atoms with Crippen molar-refractivity contribution in [3.8, 4) is 11.5 Å². The summed E-state index contributed by atoms with van der Waals surface area (Å²) >= 11 is 0. The predicted octanol–water partition coefficient (Wildman–Crippen LogP) is 2.51. The van der Waals surface area contributed by atoms with Crippen LogP contribution < -0.4 is 15.8 Å². The first-order valence-electron chi connectivity index (χ1n) is 5.85. The van der Waals surface area contributed by atoms with Gasteiger partial charge in [0.1, 0.15) is 11.5 Å². The predicted molar refractivity (Wildman–Crippen MR) is 73.4 cm³/mol. The Hall–Kier alpha value is -2.83. The number of carbonyl (C=O) groups excluding carboxylic acids is 1. The van der Waals surface area contributed by atoms with E-state index in [1.54, 1.807) is 0 Å². The van der Waals surface area contributed by atoms with Crippen LogP contribution in [0.25, 0.3) is 0 Å². The van der Waals surface area contributed by atoms with Gasteiger partial charge in [-0.2, -0.15) is 0 Å². The molecule has 110 valence electrons. The van der Waals surface area contributed by atoms with Crippen LogP contribution in [0.1, 0.15) is 10.4 Å². The van der Waals surface area contributed by atoms with Gasteiger partial charge in [0.25, 0.3) is 5.91 Å². The number of amides is 1. The molecule has 0 radical (unpaired) electrons. The zero-order chi connectivity index (χ0) is 15.6. The summed E-state index contributed by atoms with van der Waals surface area (Å²) in [6.45, 7) is 0. The highest BCUT2D eigenvalue weighted by molar-refractivity contribution is 6.06. The van der Waals surface area contributed by atoms with Gasteiger partial charge in [0.05, 0.1) is 12.8 Å². The zero-order valence-electron chi connectivity index (χ0n) is 11.0. The molecule has 2 aromatic carbocycles. The maximum atomic E-state index is 13.6. The van der Waals surface area contributed by atoms with Gasteiger partial charge in [0.2, 0.25) is 0 Å². The summed E-state index contributed by atoms with van der Waals surface area (Å²) in [5.74, 6) is -2.58. The van der Waals surface area contributed by atoms with Crippen LogP contribution >= 0.6 is 0 Å². The lowest BCUT2D eigenvalue weighted by molar-refractivity contribution is 0.102. The minimum atomic E-state index is -0.987. The molecule has 0 saturated carbocycles. The van der Waals surface area contributed by atoms with E-state index in [0.29, 0.717) is 6.07 Å². The number of nitrogen functional groups attached to an aromatic ring is 1. The summed E-state index contributed by atoms with van der Waals surface area (Å²) in [6, 6.07) is 5.42. The number of anilines is 2. The van der Waals surface area contributed by atoms with Crippen molar-refractivity contribution in [1.82, 2.24) is 0 Å². The normalized spacial score (nSPS) is 10.2. The van der Waals surface area contributed by atoms with Crippen molar-refractivity contribution < 1.29 is 23.4 Å². The molecule has 21 heavy (non-hydrogen) atoms. The first kappa shape index (κ1) is 14.6. The van der Waals surface area contributed by atoms with E-state index in [4.69, 9.17) is 10.5 Å². The second kappa shape index (κ2) is 5.66. The number of hydrogen-bond acceptors (Lipinski definition) is 4. The molecule has 0 saturated heterocycles. The number of ether oxygens (including phenoxy) is 1. The number of aromatic hydroxyl groups is 1. The van der Waals surface area contributed by atoms with Gasteiger partial charge in [0, 0.05) is 11.6 Å². The average Bonchev–Trinajstić information content (AvgIpc) is 2.42. The average molecular weight is 294 g/mol. The Balaban J connectivity index is 2.28. The standard InChI is InChI=1S/C14H12F2N2O3/c1-21-12-3-2-7(4-11(12)19)14(20)18-13-9(16)5-8(15)6-10(13)17/h2-6,19H,17H2,1H3,(H,18,20). The van der Waals surface area contributed by atoms with E-state index >= 15 is 0 Å². The smallest absolute Gasteiger partial charge is 0.255 e. The highest BCUT2D eigenvalue weighted by atomic mass is 19.1. The Labute approximate surface area is 119 Å². The quantitative estimate of drug-likeness (QED) is 0.759. The van der Waals surface area contributed by atoms with Gasteiger partial charge >= 0.3 is 0 Å². The summed E-state index contributed by atoms with van der Waals surface area (Å²) in [5, 5.41) is 11.8. The van der Waals surface area contributed by atoms with Crippen LogP contribution in [0, 0.1) is 11.6 Å². The molecule has 2 aromatic rings. The van der Waals surface area contributed by atoms with Crippen molar-refractivity contribution in [3.63, 3.8) is 0 Å². The maximum Gasteiger partial charge on any atom is 0.255 e. The van der Waals surface area contributed by atoms with Crippen molar-refractivity contribution in [1.29, 1.82) is 0 Å². The first-order chi connectivity index (χ1) is 9.92. The monoisotopic (exact) mass is 294 g/mol. The molecule has 0 atom stereocenters. The Morgan fingerprint density at radius 3 is 2.57 bits per heavy atom. The molecule has 0 aliphatic rings. The van der Waals surface area contributed by atoms with Crippen molar-refractivity contribution in [2.24, 2.45) is 0 Å². The number of halogens is 2. The van der Waals surface area contributed by atoms with Crippen LogP contribution in [0.2, 0.25) is 0 Å². The fourth-order valence-corrected chi connectivity index (χ4v) is 1.74. The molecule has 0 aliphatic heterocycles. The molecular weight excluding hydrogens is 282 g/mol. The molecule has 5 nitrogen and oxygen atoms in total. The van der Waals surface area contributed by atoms with Gasteiger partial charge in [-0.15, -0.1) is 0 Å². The number of hydrogen-bond donors (Lipinski definition) is 3. The number of benzene rings is 2. The molecule has 4 N–H and O–H groups in total. The van der Waals surface area contributed by atoms with Crippen LogP contribution in [-0.2, 0) is 0 Å². The van der Waals surface area contributed by atoms with Crippen molar-refractivity contribution >= 4 is 17.3 Å². The fourth-order valence-electron chi connectivity index (χ4n) is 1.74. The summed E-state index contributed by atoms with van der Waals surface area (Å²) in [5.41, 5.74) is 4.97. The number of phenolic OH excluding ortho intramolecular Hbond substituents is 1. The number of methoxy groups -OCH3 is 1. The summed E-state index contributed by atoms with van der Waals surface area (Å²) < 4.78 is 31.4. The number of carbonyl (C=O) groups is 1. The molecule has 0 aromatic heterocycles. The van der Waals surface area contributed by atoms with Crippen LogP contribution in [0.5, 0.6) is 11.5 Å². The van der Waals surface area contributed by atoms with E-state index in [2.05, 4.69) is 5.32 Å². The molecule has 2 rings (SSSR count). The van der Waals surface area contributed by atoms with Gasteiger partial charge in [-0.3, -0.25) is 4.79 Å². The Bertz CT molecular complexity index is 682. The minimum absolute atomic E-state index is 0.0661. The topological polar surface area (TPSA) is 84.6 Å². The van der Waals surface area contributed by atoms with Crippen molar-refractivity contribution in [2.75, 3.05) is 18.2 Å². The second-order valence-electron chi connectivity index (χ2n) is 4.19. The molecule has 0 unspecified atom stereocenters. The zero-order valence-corrected chi connectivity index (χ0v) is 11.0. The Morgan fingerprint density at radius 1 is 1.29 bits per heavy atom. The third kappa shape index (κ3) is 3.02. The maximum absolute atomic E-state index is 13.6. The third-order valence-electron chi connectivity index (χ3n) is 2.77. The number of phenols is 1. The van der Waals surface area contributed by atoms with Crippen molar-refractivity contribution in [3.05, 3.63) is 47.5 Å². The minimum Gasteiger partial charge on any atom is -0.504 e. The summed E-state index contributed by atoms with van der Waals surface area (Å²) in [7, 11) is 1.36. The lowest BCUT2D eigenvalue weighted by Crippen LogP contribution is -2.14. The number of nitrogens with one attached hydrogen (secondary N) is 1. The third-order valence-corrected chi connectivity index (χ3v) is 2.77.